The molecule has 27 heavy (non-hydrogen) atoms. The third-order valence-corrected chi connectivity index (χ3v) is 6.06. The summed E-state index contributed by atoms with van der Waals surface area (Å²) in [6.45, 7) is 1.25. The van der Waals surface area contributed by atoms with Crippen LogP contribution in [-0.2, 0) is 19.6 Å². The minimum absolute atomic E-state index is 0.181. The third-order valence-electron chi connectivity index (χ3n) is 3.91. The number of rotatable bonds is 6. The highest BCUT2D eigenvalue weighted by atomic mass is 35.5. The van der Waals surface area contributed by atoms with E-state index in [-0.39, 0.29) is 17.4 Å². The molecule has 0 radical (unpaired) electrons. The Hall–Kier alpha value is -2.13. The predicted molar refractivity (Wildman–Crippen MR) is 102 cm³/mol. The van der Waals surface area contributed by atoms with E-state index in [0.29, 0.717) is 42.8 Å². The first-order chi connectivity index (χ1) is 12.9. The molecule has 1 N–H and O–H groups in total. The van der Waals surface area contributed by atoms with Crippen molar-refractivity contribution in [1.29, 1.82) is 0 Å². The van der Waals surface area contributed by atoms with Gasteiger partial charge in [0, 0.05) is 23.8 Å². The first kappa shape index (κ1) is 19.6. The fourth-order valence-electron chi connectivity index (χ4n) is 2.56. The molecule has 0 saturated carbocycles. The van der Waals surface area contributed by atoms with Crippen molar-refractivity contribution in [2.75, 3.05) is 38.2 Å². The van der Waals surface area contributed by atoms with Crippen molar-refractivity contribution in [3.63, 3.8) is 0 Å². The summed E-state index contributed by atoms with van der Waals surface area (Å²) in [6.07, 6.45) is 0. The van der Waals surface area contributed by atoms with Gasteiger partial charge in [0.2, 0.25) is 10.0 Å². The molecular weight excluding hydrogens is 392 g/mol. The number of halogens is 1. The van der Waals surface area contributed by atoms with Gasteiger partial charge in [0.15, 0.2) is 6.61 Å². The molecule has 7 nitrogen and oxygen atoms in total. The maximum absolute atomic E-state index is 12.5. The predicted octanol–water partition coefficient (Wildman–Crippen LogP) is 2.38. The fraction of sp³-hybridized carbons (Fsp3) is 0.278. The summed E-state index contributed by atoms with van der Waals surface area (Å²) >= 11 is 5.87. The Labute approximate surface area is 162 Å². The third kappa shape index (κ3) is 5.20. The van der Waals surface area contributed by atoms with Crippen molar-refractivity contribution in [1.82, 2.24) is 4.31 Å². The first-order valence-corrected chi connectivity index (χ1v) is 10.1. The number of nitrogens with one attached hydrogen (secondary N) is 1. The van der Waals surface area contributed by atoms with Crippen molar-refractivity contribution in [2.45, 2.75) is 4.90 Å². The van der Waals surface area contributed by atoms with Crippen LogP contribution in [0.25, 0.3) is 0 Å². The number of sulfonamides is 1. The number of morpholine rings is 1. The quantitative estimate of drug-likeness (QED) is 0.790. The number of hydrogen-bond acceptors (Lipinski definition) is 5. The molecule has 0 unspecified atom stereocenters. The van der Waals surface area contributed by atoms with Crippen molar-refractivity contribution in [3.05, 3.63) is 53.6 Å². The molecule has 2 aromatic carbocycles. The summed E-state index contributed by atoms with van der Waals surface area (Å²) in [7, 11) is -3.55. The highest BCUT2D eigenvalue weighted by Crippen LogP contribution is 2.20. The van der Waals surface area contributed by atoms with Crippen LogP contribution < -0.4 is 10.1 Å². The summed E-state index contributed by atoms with van der Waals surface area (Å²) in [4.78, 5) is 12.1. The molecule has 1 fully saturated rings. The molecular formula is C18H19ClN2O5S. The van der Waals surface area contributed by atoms with Gasteiger partial charge in [0.05, 0.1) is 18.1 Å². The second-order valence-electron chi connectivity index (χ2n) is 5.84. The van der Waals surface area contributed by atoms with Crippen molar-refractivity contribution in [2.24, 2.45) is 0 Å². The van der Waals surface area contributed by atoms with Crippen molar-refractivity contribution < 1.29 is 22.7 Å². The SMILES string of the molecule is O=C(COc1ccc(S(=O)(=O)N2CCOCC2)cc1)Nc1cccc(Cl)c1. The van der Waals surface area contributed by atoms with E-state index in [2.05, 4.69) is 5.32 Å². The van der Waals surface area contributed by atoms with Gasteiger partial charge < -0.3 is 14.8 Å². The summed E-state index contributed by atoms with van der Waals surface area (Å²) in [5.74, 6) is 0.0550. The lowest BCUT2D eigenvalue weighted by molar-refractivity contribution is -0.118. The Morgan fingerprint density at radius 1 is 1.15 bits per heavy atom. The number of hydrogen-bond donors (Lipinski definition) is 1. The lowest BCUT2D eigenvalue weighted by Gasteiger charge is -2.26. The molecule has 0 aromatic heterocycles. The lowest BCUT2D eigenvalue weighted by Crippen LogP contribution is -2.40. The Bertz CT molecular complexity index is 896. The zero-order valence-electron chi connectivity index (χ0n) is 14.4. The van der Waals surface area contributed by atoms with Gasteiger partial charge in [0.1, 0.15) is 5.75 Å². The molecule has 0 spiro atoms. The van der Waals surface area contributed by atoms with E-state index in [4.69, 9.17) is 21.1 Å². The van der Waals surface area contributed by atoms with Gasteiger partial charge >= 0.3 is 0 Å². The maximum atomic E-state index is 12.5. The molecule has 3 rings (SSSR count). The van der Waals surface area contributed by atoms with Gasteiger partial charge in [-0.3, -0.25) is 4.79 Å². The Kier molecular flexibility index (Phi) is 6.33. The van der Waals surface area contributed by atoms with Gasteiger partial charge in [0.25, 0.3) is 5.91 Å². The molecule has 9 heteroatoms. The molecule has 1 aliphatic heterocycles. The van der Waals surface area contributed by atoms with Gasteiger partial charge in [-0.1, -0.05) is 17.7 Å². The zero-order chi connectivity index (χ0) is 19.3. The average molecular weight is 411 g/mol. The van der Waals surface area contributed by atoms with Crippen LogP contribution in [0.1, 0.15) is 0 Å². The minimum Gasteiger partial charge on any atom is -0.484 e. The van der Waals surface area contributed by atoms with E-state index in [1.807, 2.05) is 0 Å². The average Bonchev–Trinajstić information content (AvgIpc) is 2.67. The van der Waals surface area contributed by atoms with E-state index in [1.54, 1.807) is 24.3 Å². The van der Waals surface area contributed by atoms with Crippen LogP contribution in [-0.4, -0.2) is 51.5 Å². The largest absolute Gasteiger partial charge is 0.484 e. The molecule has 144 valence electrons. The number of ether oxygens (including phenoxy) is 2. The second kappa shape index (κ2) is 8.71. The molecule has 1 amide bonds. The number of anilines is 1. The lowest BCUT2D eigenvalue weighted by atomic mass is 10.3. The maximum Gasteiger partial charge on any atom is 0.262 e. The highest BCUT2D eigenvalue weighted by Gasteiger charge is 2.26. The Morgan fingerprint density at radius 2 is 1.85 bits per heavy atom. The van der Waals surface area contributed by atoms with Gasteiger partial charge in [-0.05, 0) is 42.5 Å². The van der Waals surface area contributed by atoms with E-state index >= 15 is 0 Å². The monoisotopic (exact) mass is 410 g/mol. The number of amides is 1. The van der Waals surface area contributed by atoms with Crippen LogP contribution in [0.3, 0.4) is 0 Å². The van der Waals surface area contributed by atoms with Gasteiger partial charge in [-0.2, -0.15) is 4.31 Å². The van der Waals surface area contributed by atoms with E-state index in [9.17, 15) is 13.2 Å². The standard InChI is InChI=1S/C18H19ClN2O5S/c19-14-2-1-3-15(12-14)20-18(22)13-26-16-4-6-17(7-5-16)27(23,24)21-8-10-25-11-9-21/h1-7,12H,8-11,13H2,(H,20,22). The summed E-state index contributed by atoms with van der Waals surface area (Å²) in [5, 5.41) is 3.19. The second-order valence-corrected chi connectivity index (χ2v) is 8.21. The van der Waals surface area contributed by atoms with Crippen LogP contribution >= 0.6 is 11.6 Å². The number of benzene rings is 2. The van der Waals surface area contributed by atoms with E-state index in [0.717, 1.165) is 0 Å². The van der Waals surface area contributed by atoms with Crippen LogP contribution in [0.2, 0.25) is 5.02 Å². The fourth-order valence-corrected chi connectivity index (χ4v) is 4.15. The number of nitrogens with zero attached hydrogens (tertiary/aromatic N) is 1. The first-order valence-electron chi connectivity index (χ1n) is 8.31. The Balaban J connectivity index is 1.56. The van der Waals surface area contributed by atoms with Crippen LogP contribution in [0.5, 0.6) is 5.75 Å². The molecule has 0 atom stereocenters. The summed E-state index contributed by atoms with van der Waals surface area (Å²) in [5.41, 5.74) is 0.572. The van der Waals surface area contributed by atoms with Crippen LogP contribution in [0.15, 0.2) is 53.4 Å². The molecule has 0 bridgehead atoms. The van der Waals surface area contributed by atoms with E-state index < -0.39 is 10.0 Å². The highest BCUT2D eigenvalue weighted by molar-refractivity contribution is 7.89. The molecule has 0 aliphatic carbocycles. The topological polar surface area (TPSA) is 84.9 Å². The summed E-state index contributed by atoms with van der Waals surface area (Å²) < 4.78 is 37.1. The van der Waals surface area contributed by atoms with Crippen LogP contribution in [0, 0.1) is 0 Å². The smallest absolute Gasteiger partial charge is 0.262 e. The summed E-state index contributed by atoms with van der Waals surface area (Å²) in [6, 6.07) is 12.8. The number of carbonyl (C=O) groups is 1. The Morgan fingerprint density at radius 3 is 2.52 bits per heavy atom. The zero-order valence-corrected chi connectivity index (χ0v) is 16.0. The molecule has 2 aromatic rings. The molecule has 1 saturated heterocycles. The van der Waals surface area contributed by atoms with E-state index in [1.165, 1.54) is 28.6 Å². The molecule has 1 aliphatic rings. The van der Waals surface area contributed by atoms with Crippen LogP contribution in [0.4, 0.5) is 5.69 Å². The van der Waals surface area contributed by atoms with Crippen molar-refractivity contribution >= 4 is 33.2 Å². The molecule has 1 heterocycles. The van der Waals surface area contributed by atoms with Crippen molar-refractivity contribution in [3.8, 4) is 5.75 Å². The van der Waals surface area contributed by atoms with Gasteiger partial charge in [-0.15, -0.1) is 0 Å². The minimum atomic E-state index is -3.55. The number of carbonyl (C=O) groups excluding carboxylic acids is 1. The van der Waals surface area contributed by atoms with Gasteiger partial charge in [-0.25, -0.2) is 8.42 Å². The normalized spacial score (nSPS) is 15.3.